The van der Waals surface area contributed by atoms with Crippen LogP contribution in [-0.2, 0) is 11.2 Å². The Morgan fingerprint density at radius 2 is 1.65 bits per heavy atom. The van der Waals surface area contributed by atoms with E-state index in [9.17, 15) is 15.0 Å². The monoisotopic (exact) mass is 640 g/mol. The molecule has 1 amide bonds. The Kier molecular flexibility index (Phi) is 13.3. The first-order valence-electron chi connectivity index (χ1n) is 19.7. The molecule has 260 valence electrons. The van der Waals surface area contributed by atoms with Crippen molar-refractivity contribution >= 4 is 5.91 Å². The zero-order valence-corrected chi connectivity index (χ0v) is 29.4. The molecule has 0 saturated heterocycles. The van der Waals surface area contributed by atoms with E-state index in [0.717, 1.165) is 69.2 Å². The van der Waals surface area contributed by atoms with Crippen molar-refractivity contribution in [1.29, 1.82) is 0 Å². The summed E-state index contributed by atoms with van der Waals surface area (Å²) in [6.07, 6.45) is 23.4. The Morgan fingerprint density at radius 1 is 0.935 bits per heavy atom. The van der Waals surface area contributed by atoms with Gasteiger partial charge in [0, 0.05) is 25.4 Å². The number of aromatic hydroxyl groups is 1. The van der Waals surface area contributed by atoms with E-state index in [1.54, 1.807) is 6.07 Å². The van der Waals surface area contributed by atoms with Gasteiger partial charge in [-0.15, -0.1) is 0 Å². The molecule has 4 aliphatic carbocycles. The Labute approximate surface area is 280 Å². The maximum absolute atomic E-state index is 16.1. The number of rotatable bonds is 17. The van der Waals surface area contributed by atoms with Crippen LogP contribution in [-0.4, -0.2) is 46.4 Å². The molecule has 4 aliphatic rings. The second-order valence-electron chi connectivity index (χ2n) is 16.3. The summed E-state index contributed by atoms with van der Waals surface area (Å²) < 4.78 is 16.1. The van der Waals surface area contributed by atoms with Gasteiger partial charge in [-0.2, -0.15) is 0 Å². The molecule has 0 radical (unpaired) electrons. The van der Waals surface area contributed by atoms with E-state index in [-0.39, 0.29) is 23.0 Å². The number of amides is 1. The minimum atomic E-state index is -0.963. The highest BCUT2D eigenvalue weighted by molar-refractivity contribution is 5.76. The lowest BCUT2D eigenvalue weighted by Crippen LogP contribution is -2.51. The van der Waals surface area contributed by atoms with Gasteiger partial charge in [0.05, 0.1) is 6.10 Å². The van der Waals surface area contributed by atoms with E-state index >= 15 is 4.39 Å². The van der Waals surface area contributed by atoms with Crippen LogP contribution in [0, 0.1) is 29.1 Å². The molecular weight excluding hydrogens is 573 g/mol. The van der Waals surface area contributed by atoms with E-state index in [1.807, 2.05) is 12.1 Å². The van der Waals surface area contributed by atoms with Crippen LogP contribution in [0.3, 0.4) is 0 Å². The number of carbonyl (C=O) groups is 1. The molecule has 3 fully saturated rings. The summed E-state index contributed by atoms with van der Waals surface area (Å²) in [6.45, 7) is 6.18. The number of aliphatic hydroxyl groups is 1. The maximum atomic E-state index is 16.1. The fourth-order valence-corrected chi connectivity index (χ4v) is 10.5. The van der Waals surface area contributed by atoms with Crippen molar-refractivity contribution in [2.45, 2.75) is 173 Å². The Bertz CT molecular complexity index is 1090. The first-order chi connectivity index (χ1) is 22.3. The van der Waals surface area contributed by atoms with Crippen molar-refractivity contribution in [3.63, 3.8) is 0 Å². The predicted octanol–water partition coefficient (Wildman–Crippen LogP) is 10.3. The number of alkyl halides is 1. The van der Waals surface area contributed by atoms with Crippen molar-refractivity contribution in [1.82, 2.24) is 4.90 Å². The van der Waals surface area contributed by atoms with Crippen LogP contribution in [0.5, 0.6) is 5.75 Å². The van der Waals surface area contributed by atoms with Gasteiger partial charge in [0.1, 0.15) is 11.9 Å². The first kappa shape index (κ1) is 35.7. The zero-order chi connectivity index (χ0) is 32.5. The van der Waals surface area contributed by atoms with Crippen molar-refractivity contribution in [3.8, 4) is 5.75 Å². The molecule has 0 aliphatic heterocycles. The lowest BCUT2D eigenvalue weighted by Gasteiger charge is -2.54. The first-order valence-corrected chi connectivity index (χ1v) is 19.7. The molecule has 3 saturated carbocycles. The number of unbranched alkanes of at least 4 members (excludes halogenated alkanes) is 9. The number of carbonyl (C=O) groups excluding carboxylic acids is 1. The summed E-state index contributed by atoms with van der Waals surface area (Å²) in [5.74, 6) is 2.06. The molecular formula is C41H66FNO3. The third-order valence-electron chi connectivity index (χ3n) is 13.1. The Hall–Kier alpha value is -1.62. The van der Waals surface area contributed by atoms with Gasteiger partial charge < -0.3 is 15.1 Å². The normalized spacial score (nSPS) is 30.9. The van der Waals surface area contributed by atoms with E-state index in [0.29, 0.717) is 36.5 Å². The number of fused-ring (bicyclic) bond motifs is 5. The van der Waals surface area contributed by atoms with E-state index in [4.69, 9.17) is 0 Å². The standard InChI is InChI=1S/C41H66FNO3/c1-3-4-5-6-7-8-9-10-14-20-38(46)43(29-30-17-12-11-13-18-30)25-16-15-19-31-26-32-27-33(44)21-22-34(32)40-36(42)28-41(2)35(39(31)40)23-24-37(41)45/h21-22,27,30-31,35-37,39-40,44-45H,3-20,23-26,28-29H2,1-2H3/t31-,35?,36+,37+,39?,40?,41+/m1/s1. The molecule has 1 aromatic rings. The molecule has 7 atom stereocenters. The number of hydrogen-bond acceptors (Lipinski definition) is 3. The van der Waals surface area contributed by atoms with Gasteiger partial charge in [0.2, 0.25) is 5.91 Å². The fourth-order valence-electron chi connectivity index (χ4n) is 10.5. The number of phenolic OH excluding ortho intramolecular Hbond substituents is 1. The summed E-state index contributed by atoms with van der Waals surface area (Å²) in [5, 5.41) is 21.3. The molecule has 46 heavy (non-hydrogen) atoms. The van der Waals surface area contributed by atoms with Crippen molar-refractivity contribution < 1.29 is 19.4 Å². The fraction of sp³-hybridized carbons (Fsp3) is 0.829. The largest absolute Gasteiger partial charge is 0.508 e. The summed E-state index contributed by atoms with van der Waals surface area (Å²) in [7, 11) is 0. The van der Waals surface area contributed by atoms with Crippen molar-refractivity contribution in [3.05, 3.63) is 29.3 Å². The highest BCUT2D eigenvalue weighted by Gasteiger charge is 2.59. The van der Waals surface area contributed by atoms with Crippen LogP contribution in [0.15, 0.2) is 18.2 Å². The van der Waals surface area contributed by atoms with Crippen LogP contribution in [0.2, 0.25) is 0 Å². The summed E-state index contributed by atoms with van der Waals surface area (Å²) in [5.41, 5.74) is 1.87. The summed E-state index contributed by atoms with van der Waals surface area (Å²) in [6, 6.07) is 5.58. The van der Waals surface area contributed by atoms with Gasteiger partial charge in [0.25, 0.3) is 0 Å². The van der Waals surface area contributed by atoms with Crippen molar-refractivity contribution in [2.24, 2.45) is 29.1 Å². The van der Waals surface area contributed by atoms with Crippen LogP contribution < -0.4 is 0 Å². The highest BCUT2D eigenvalue weighted by Crippen LogP contribution is 2.63. The highest BCUT2D eigenvalue weighted by atomic mass is 19.1. The number of aliphatic hydroxyl groups excluding tert-OH is 1. The topological polar surface area (TPSA) is 60.8 Å². The number of phenols is 1. The SMILES string of the molecule is CCCCCCCCCCCC(=O)N(CCCC[C@@H]1Cc2cc(O)ccc2C2C1C1CC[C@H](O)[C@@]1(C)C[C@@H]2F)CC1CCCCC1. The summed E-state index contributed by atoms with van der Waals surface area (Å²) in [4.78, 5) is 15.8. The average Bonchev–Trinajstić information content (AvgIpc) is 3.34. The lowest BCUT2D eigenvalue weighted by molar-refractivity contribution is -0.132. The molecule has 0 heterocycles. The molecule has 3 unspecified atom stereocenters. The van der Waals surface area contributed by atoms with Gasteiger partial charge in [0.15, 0.2) is 0 Å². The number of nitrogens with zero attached hydrogens (tertiary/aromatic N) is 1. The lowest BCUT2D eigenvalue weighted by atomic mass is 9.51. The Balaban J connectivity index is 1.17. The second kappa shape index (κ2) is 17.2. The minimum absolute atomic E-state index is 0.140. The van der Waals surface area contributed by atoms with Crippen LogP contribution in [0.1, 0.15) is 166 Å². The van der Waals surface area contributed by atoms with Crippen LogP contribution in [0.4, 0.5) is 4.39 Å². The van der Waals surface area contributed by atoms with E-state index < -0.39 is 12.3 Å². The predicted molar refractivity (Wildman–Crippen MR) is 187 cm³/mol. The van der Waals surface area contributed by atoms with E-state index in [2.05, 4.69) is 18.7 Å². The number of halogens is 1. The van der Waals surface area contributed by atoms with Gasteiger partial charge in [-0.05, 0) is 110 Å². The molecule has 0 aromatic heterocycles. The second-order valence-corrected chi connectivity index (χ2v) is 16.3. The third-order valence-corrected chi connectivity index (χ3v) is 13.1. The quantitative estimate of drug-likeness (QED) is 0.167. The molecule has 1 aromatic carbocycles. The molecule has 0 bridgehead atoms. The molecule has 5 heteroatoms. The maximum Gasteiger partial charge on any atom is 0.222 e. The smallest absolute Gasteiger partial charge is 0.222 e. The number of hydrogen-bond donors (Lipinski definition) is 2. The van der Waals surface area contributed by atoms with Crippen LogP contribution in [0.25, 0.3) is 0 Å². The van der Waals surface area contributed by atoms with Gasteiger partial charge in [-0.3, -0.25) is 4.79 Å². The number of benzene rings is 1. The van der Waals surface area contributed by atoms with Crippen LogP contribution >= 0.6 is 0 Å². The average molecular weight is 640 g/mol. The van der Waals surface area contributed by atoms with Crippen molar-refractivity contribution in [2.75, 3.05) is 13.1 Å². The molecule has 5 rings (SSSR count). The molecule has 2 N–H and O–H groups in total. The van der Waals surface area contributed by atoms with Gasteiger partial charge in [-0.1, -0.05) is 97.0 Å². The third kappa shape index (κ3) is 8.69. The Morgan fingerprint density at radius 3 is 2.39 bits per heavy atom. The van der Waals surface area contributed by atoms with Gasteiger partial charge >= 0.3 is 0 Å². The van der Waals surface area contributed by atoms with Gasteiger partial charge in [-0.25, -0.2) is 4.39 Å². The summed E-state index contributed by atoms with van der Waals surface area (Å²) >= 11 is 0. The molecule has 0 spiro atoms. The minimum Gasteiger partial charge on any atom is -0.508 e. The molecule has 4 nitrogen and oxygen atoms in total. The van der Waals surface area contributed by atoms with E-state index in [1.165, 1.54) is 83.5 Å². The zero-order valence-electron chi connectivity index (χ0n) is 29.4.